The standard InChI is InChI=1S/C19H20BrN5O/c1-13(18-21-11-15(20)12-22-18)24-6-8-25(9-7-24)19(26)17-10-14-4-2-3-5-16(14)23-17/h2-5,10-13,23H,6-9H2,1H3/t13-/m1/s1. The zero-order valence-electron chi connectivity index (χ0n) is 14.5. The van der Waals surface area contributed by atoms with Crippen molar-refractivity contribution >= 4 is 32.7 Å². The molecule has 1 amide bonds. The van der Waals surface area contributed by atoms with Crippen LogP contribution in [-0.2, 0) is 0 Å². The Morgan fingerprint density at radius 1 is 1.15 bits per heavy atom. The quantitative estimate of drug-likeness (QED) is 0.715. The van der Waals surface area contributed by atoms with Gasteiger partial charge in [0.15, 0.2) is 0 Å². The van der Waals surface area contributed by atoms with E-state index in [0.717, 1.165) is 34.3 Å². The number of nitrogens with zero attached hydrogens (tertiary/aromatic N) is 4. The Morgan fingerprint density at radius 2 is 1.85 bits per heavy atom. The summed E-state index contributed by atoms with van der Waals surface area (Å²) in [7, 11) is 0. The van der Waals surface area contributed by atoms with Crippen LogP contribution in [-0.4, -0.2) is 56.8 Å². The van der Waals surface area contributed by atoms with Crippen molar-refractivity contribution in [2.75, 3.05) is 26.2 Å². The lowest BCUT2D eigenvalue weighted by atomic mass is 10.2. The number of carbonyl (C=O) groups is 1. The van der Waals surface area contributed by atoms with Crippen LogP contribution in [0.25, 0.3) is 10.9 Å². The molecule has 0 unspecified atom stereocenters. The second-order valence-corrected chi connectivity index (χ2v) is 7.45. The molecule has 2 aromatic heterocycles. The minimum absolute atomic E-state index is 0.0633. The van der Waals surface area contributed by atoms with Gasteiger partial charge in [0.25, 0.3) is 5.91 Å². The van der Waals surface area contributed by atoms with Gasteiger partial charge in [-0.05, 0) is 35.0 Å². The molecule has 6 nitrogen and oxygen atoms in total. The fourth-order valence-corrected chi connectivity index (χ4v) is 3.58. The summed E-state index contributed by atoms with van der Waals surface area (Å²) in [6, 6.07) is 10.0. The van der Waals surface area contributed by atoms with Crippen LogP contribution in [0.5, 0.6) is 0 Å². The van der Waals surface area contributed by atoms with Crippen molar-refractivity contribution in [2.24, 2.45) is 0 Å². The third kappa shape index (κ3) is 3.37. The minimum Gasteiger partial charge on any atom is -0.351 e. The largest absolute Gasteiger partial charge is 0.351 e. The van der Waals surface area contributed by atoms with Crippen LogP contribution in [0.4, 0.5) is 0 Å². The molecule has 7 heteroatoms. The first-order valence-corrected chi connectivity index (χ1v) is 9.49. The van der Waals surface area contributed by atoms with E-state index in [1.54, 1.807) is 12.4 Å². The summed E-state index contributed by atoms with van der Waals surface area (Å²) >= 11 is 3.36. The fourth-order valence-electron chi connectivity index (χ4n) is 3.37. The highest BCUT2D eigenvalue weighted by Gasteiger charge is 2.27. The smallest absolute Gasteiger partial charge is 0.270 e. The van der Waals surface area contributed by atoms with Gasteiger partial charge in [-0.15, -0.1) is 0 Å². The summed E-state index contributed by atoms with van der Waals surface area (Å²) in [4.78, 5) is 29.0. The van der Waals surface area contributed by atoms with Gasteiger partial charge in [-0.3, -0.25) is 9.69 Å². The molecule has 0 bridgehead atoms. The molecule has 1 saturated heterocycles. The average Bonchev–Trinajstić information content (AvgIpc) is 3.12. The number of amides is 1. The van der Waals surface area contributed by atoms with E-state index in [9.17, 15) is 4.79 Å². The first-order valence-electron chi connectivity index (χ1n) is 8.70. The molecule has 1 N–H and O–H groups in total. The zero-order valence-corrected chi connectivity index (χ0v) is 16.1. The SMILES string of the molecule is C[C@H](c1ncc(Br)cn1)N1CCN(C(=O)c2cc3ccccc3[nH]2)CC1. The molecule has 1 fully saturated rings. The molecule has 134 valence electrons. The Bertz CT molecular complexity index is 882. The lowest BCUT2D eigenvalue weighted by Crippen LogP contribution is -2.49. The van der Waals surface area contributed by atoms with Gasteiger partial charge >= 0.3 is 0 Å². The highest BCUT2D eigenvalue weighted by molar-refractivity contribution is 9.10. The highest BCUT2D eigenvalue weighted by Crippen LogP contribution is 2.21. The number of H-pyrrole nitrogens is 1. The number of aromatic amines is 1. The molecular formula is C19H20BrN5O. The van der Waals surface area contributed by atoms with E-state index in [1.807, 2.05) is 35.2 Å². The first kappa shape index (κ1) is 17.2. The summed E-state index contributed by atoms with van der Waals surface area (Å²) in [5.41, 5.74) is 1.65. The summed E-state index contributed by atoms with van der Waals surface area (Å²) in [5, 5.41) is 1.07. The van der Waals surface area contributed by atoms with Crippen LogP contribution in [0.1, 0.15) is 29.3 Å². The van der Waals surface area contributed by atoms with Crippen molar-refractivity contribution in [3.05, 3.63) is 58.7 Å². The molecule has 1 aliphatic heterocycles. The first-order chi connectivity index (χ1) is 12.6. The highest BCUT2D eigenvalue weighted by atomic mass is 79.9. The Kier molecular flexibility index (Phi) is 4.74. The molecule has 0 spiro atoms. The molecule has 26 heavy (non-hydrogen) atoms. The summed E-state index contributed by atoms with van der Waals surface area (Å²) in [6.45, 7) is 5.14. The molecule has 0 saturated carbocycles. The van der Waals surface area contributed by atoms with Gasteiger partial charge in [0, 0.05) is 49.5 Å². The van der Waals surface area contributed by atoms with E-state index in [1.165, 1.54) is 0 Å². The number of hydrogen-bond acceptors (Lipinski definition) is 4. The number of rotatable bonds is 3. The maximum absolute atomic E-state index is 12.8. The number of hydrogen-bond donors (Lipinski definition) is 1. The van der Waals surface area contributed by atoms with Gasteiger partial charge in [-0.1, -0.05) is 18.2 Å². The van der Waals surface area contributed by atoms with E-state index < -0.39 is 0 Å². The second kappa shape index (κ2) is 7.17. The average molecular weight is 414 g/mol. The molecule has 3 aromatic rings. The predicted octanol–water partition coefficient (Wildman–Crippen LogP) is 3.24. The molecular weight excluding hydrogens is 394 g/mol. The lowest BCUT2D eigenvalue weighted by Gasteiger charge is -2.37. The van der Waals surface area contributed by atoms with Crippen molar-refractivity contribution in [3.8, 4) is 0 Å². The number of carbonyl (C=O) groups excluding carboxylic acids is 1. The van der Waals surface area contributed by atoms with Gasteiger partial charge in [0.1, 0.15) is 11.5 Å². The van der Waals surface area contributed by atoms with Crippen LogP contribution in [0.15, 0.2) is 47.2 Å². The normalized spacial score (nSPS) is 16.8. The number of fused-ring (bicyclic) bond motifs is 1. The van der Waals surface area contributed by atoms with Gasteiger partial charge in [0.2, 0.25) is 0 Å². The summed E-state index contributed by atoms with van der Waals surface area (Å²) < 4.78 is 0.877. The van der Waals surface area contributed by atoms with Crippen LogP contribution < -0.4 is 0 Å². The van der Waals surface area contributed by atoms with E-state index in [0.29, 0.717) is 18.8 Å². The number of piperazine rings is 1. The summed E-state index contributed by atoms with van der Waals surface area (Å²) in [5.74, 6) is 0.872. The van der Waals surface area contributed by atoms with Gasteiger partial charge in [0.05, 0.1) is 10.5 Å². The van der Waals surface area contributed by atoms with Crippen molar-refractivity contribution in [2.45, 2.75) is 13.0 Å². The van der Waals surface area contributed by atoms with Crippen LogP contribution >= 0.6 is 15.9 Å². The predicted molar refractivity (Wildman–Crippen MR) is 104 cm³/mol. The molecule has 4 rings (SSSR count). The Balaban J connectivity index is 1.41. The van der Waals surface area contributed by atoms with Crippen LogP contribution in [0, 0.1) is 0 Å². The minimum atomic E-state index is 0.0633. The maximum atomic E-state index is 12.8. The topological polar surface area (TPSA) is 65.1 Å². The zero-order chi connectivity index (χ0) is 18.1. The van der Waals surface area contributed by atoms with Gasteiger partial charge in [-0.2, -0.15) is 0 Å². The molecule has 1 aromatic carbocycles. The number of para-hydroxylation sites is 1. The maximum Gasteiger partial charge on any atom is 0.270 e. The van der Waals surface area contributed by atoms with E-state index in [4.69, 9.17) is 0 Å². The number of aromatic nitrogens is 3. The van der Waals surface area contributed by atoms with Crippen LogP contribution in [0.3, 0.4) is 0 Å². The monoisotopic (exact) mass is 413 g/mol. The molecule has 0 aliphatic carbocycles. The van der Waals surface area contributed by atoms with Crippen molar-refractivity contribution < 1.29 is 4.79 Å². The van der Waals surface area contributed by atoms with E-state index in [2.05, 4.69) is 42.7 Å². The number of nitrogens with one attached hydrogen (secondary N) is 1. The third-order valence-electron chi connectivity index (χ3n) is 4.92. The molecule has 0 radical (unpaired) electrons. The van der Waals surface area contributed by atoms with Crippen molar-refractivity contribution in [3.63, 3.8) is 0 Å². The fraction of sp³-hybridized carbons (Fsp3) is 0.316. The molecule has 3 heterocycles. The van der Waals surface area contributed by atoms with Crippen molar-refractivity contribution in [1.29, 1.82) is 0 Å². The second-order valence-electron chi connectivity index (χ2n) is 6.53. The third-order valence-corrected chi connectivity index (χ3v) is 5.33. The Morgan fingerprint density at radius 3 is 2.54 bits per heavy atom. The number of halogens is 1. The van der Waals surface area contributed by atoms with E-state index in [-0.39, 0.29) is 11.9 Å². The Hall–Kier alpha value is -2.25. The summed E-state index contributed by atoms with van der Waals surface area (Å²) in [6.07, 6.45) is 3.54. The molecule has 1 aliphatic rings. The Labute approximate surface area is 160 Å². The molecule has 1 atom stereocenters. The van der Waals surface area contributed by atoms with Gasteiger partial charge < -0.3 is 9.88 Å². The van der Waals surface area contributed by atoms with E-state index >= 15 is 0 Å². The van der Waals surface area contributed by atoms with Crippen LogP contribution in [0.2, 0.25) is 0 Å². The lowest BCUT2D eigenvalue weighted by molar-refractivity contribution is 0.0571. The van der Waals surface area contributed by atoms with Gasteiger partial charge in [-0.25, -0.2) is 9.97 Å². The van der Waals surface area contributed by atoms with Crippen molar-refractivity contribution in [1.82, 2.24) is 24.8 Å². The number of benzene rings is 1.